The Hall–Kier alpha value is -3.52. The van der Waals surface area contributed by atoms with Crippen LogP contribution >= 0.6 is 11.3 Å². The van der Waals surface area contributed by atoms with Gasteiger partial charge in [-0.05, 0) is 68.1 Å². The summed E-state index contributed by atoms with van der Waals surface area (Å²) in [6, 6.07) is 10.5. The van der Waals surface area contributed by atoms with E-state index in [4.69, 9.17) is 9.15 Å². The summed E-state index contributed by atoms with van der Waals surface area (Å²) >= 11 is 1.30. The Morgan fingerprint density at radius 3 is 2.60 bits per heavy atom. The minimum absolute atomic E-state index is 0.0536. The molecule has 1 unspecified atom stereocenters. The highest BCUT2D eigenvalue weighted by molar-refractivity contribution is 7.15. The summed E-state index contributed by atoms with van der Waals surface area (Å²) < 4.78 is 12.1. The highest BCUT2D eigenvalue weighted by Gasteiger charge is 2.45. The molecule has 0 bridgehead atoms. The van der Waals surface area contributed by atoms with Crippen molar-refractivity contribution in [1.82, 2.24) is 10.2 Å². The van der Waals surface area contributed by atoms with Crippen LogP contribution in [0.15, 0.2) is 45.6 Å². The van der Waals surface area contributed by atoms with Crippen LogP contribution in [0.4, 0.5) is 5.13 Å². The average Bonchev–Trinajstić information content (AvgIpc) is 3.39. The number of rotatable bonds is 7. The maximum atomic E-state index is 13.8. The number of hydrogen-bond donors (Lipinski definition) is 0. The fourth-order valence-electron chi connectivity index (χ4n) is 4.44. The molecule has 1 aliphatic heterocycles. The quantitative estimate of drug-likeness (QED) is 0.301. The first kappa shape index (κ1) is 23.2. The van der Waals surface area contributed by atoms with Crippen molar-refractivity contribution in [2.24, 2.45) is 0 Å². The number of amides is 1. The molecule has 0 radical (unpaired) electrons. The first-order valence-corrected chi connectivity index (χ1v) is 12.6. The molecule has 7 nitrogen and oxygen atoms in total. The maximum absolute atomic E-state index is 13.8. The number of nitrogens with zero attached hydrogens (tertiary/aromatic N) is 3. The molecule has 0 N–H and O–H groups in total. The van der Waals surface area contributed by atoms with Gasteiger partial charge in [-0.1, -0.05) is 43.2 Å². The highest BCUT2D eigenvalue weighted by Crippen LogP contribution is 2.42. The lowest BCUT2D eigenvalue weighted by molar-refractivity contribution is 0.0970. The monoisotopic (exact) mass is 489 g/mol. The Morgan fingerprint density at radius 2 is 1.86 bits per heavy atom. The van der Waals surface area contributed by atoms with Gasteiger partial charge in [0.05, 0.1) is 23.6 Å². The van der Waals surface area contributed by atoms with Crippen LogP contribution in [0.3, 0.4) is 0 Å². The number of carbonyl (C=O) groups is 1. The molecule has 5 rings (SSSR count). The number of hydrogen-bond acceptors (Lipinski definition) is 7. The summed E-state index contributed by atoms with van der Waals surface area (Å²) in [6.45, 7) is 8.51. The van der Waals surface area contributed by atoms with Crippen LogP contribution in [0.1, 0.15) is 70.0 Å². The minimum atomic E-state index is -0.689. The zero-order valence-electron chi connectivity index (χ0n) is 20.3. The number of anilines is 1. The first-order chi connectivity index (χ1) is 16.9. The topological polar surface area (TPSA) is 85.5 Å². The van der Waals surface area contributed by atoms with Gasteiger partial charge in [0.2, 0.25) is 10.9 Å². The Morgan fingerprint density at radius 1 is 1.06 bits per heavy atom. The number of unbranched alkanes of at least 4 members (excludes halogenated alkanes) is 2. The van der Waals surface area contributed by atoms with Gasteiger partial charge in [-0.2, -0.15) is 0 Å². The second-order valence-corrected chi connectivity index (χ2v) is 10.1. The van der Waals surface area contributed by atoms with E-state index in [1.807, 2.05) is 57.2 Å². The molecule has 0 spiro atoms. The van der Waals surface area contributed by atoms with Gasteiger partial charge in [0.25, 0.3) is 5.91 Å². The van der Waals surface area contributed by atoms with Crippen LogP contribution < -0.4 is 15.1 Å². The molecule has 4 aromatic rings. The molecule has 0 aliphatic carbocycles. The van der Waals surface area contributed by atoms with Crippen molar-refractivity contribution < 1.29 is 13.9 Å². The third-order valence-electron chi connectivity index (χ3n) is 6.40. The smallest absolute Gasteiger partial charge is 0.297 e. The molecule has 8 heteroatoms. The molecule has 2 aromatic carbocycles. The van der Waals surface area contributed by atoms with E-state index in [0.29, 0.717) is 34.0 Å². The maximum Gasteiger partial charge on any atom is 0.297 e. The molecule has 0 saturated heterocycles. The van der Waals surface area contributed by atoms with Gasteiger partial charge in [0.1, 0.15) is 16.3 Å². The molecule has 35 heavy (non-hydrogen) atoms. The van der Waals surface area contributed by atoms with Crippen molar-refractivity contribution in [3.05, 3.63) is 79.6 Å². The fraction of sp³-hybridized carbons (Fsp3) is 0.333. The number of carbonyl (C=O) groups excluding carboxylic acids is 1. The van der Waals surface area contributed by atoms with Crippen molar-refractivity contribution in [3.63, 3.8) is 0 Å². The second-order valence-electron chi connectivity index (χ2n) is 8.92. The normalized spacial score (nSPS) is 15.1. The molecule has 180 valence electrons. The molecule has 0 fully saturated rings. The van der Waals surface area contributed by atoms with Crippen molar-refractivity contribution in [3.8, 4) is 5.75 Å². The van der Waals surface area contributed by atoms with E-state index in [1.54, 1.807) is 0 Å². The number of fused-ring (bicyclic) bond motifs is 2. The zero-order valence-corrected chi connectivity index (χ0v) is 21.1. The SMILES string of the molecule is CCCCCOc1cccc(C2c3c(oc4cc(C)c(C)cc4c3=O)C(=O)N2c2nnc(C)s2)c1. The van der Waals surface area contributed by atoms with E-state index >= 15 is 0 Å². The van der Waals surface area contributed by atoms with Crippen LogP contribution in [-0.4, -0.2) is 22.7 Å². The van der Waals surface area contributed by atoms with Gasteiger partial charge < -0.3 is 9.15 Å². The van der Waals surface area contributed by atoms with Gasteiger partial charge in [0, 0.05) is 0 Å². The predicted octanol–water partition coefficient (Wildman–Crippen LogP) is 5.89. The molecule has 1 atom stereocenters. The highest BCUT2D eigenvalue weighted by atomic mass is 32.1. The van der Waals surface area contributed by atoms with E-state index in [2.05, 4.69) is 17.1 Å². The van der Waals surface area contributed by atoms with Crippen LogP contribution in [-0.2, 0) is 0 Å². The Labute approximate surface area is 207 Å². The summed E-state index contributed by atoms with van der Waals surface area (Å²) in [5.74, 6) is 0.357. The fourth-order valence-corrected chi connectivity index (χ4v) is 5.15. The van der Waals surface area contributed by atoms with E-state index in [-0.39, 0.29) is 11.2 Å². The second kappa shape index (κ2) is 9.26. The average molecular weight is 490 g/mol. The van der Waals surface area contributed by atoms with Crippen molar-refractivity contribution in [2.45, 2.75) is 53.0 Å². The lowest BCUT2D eigenvalue weighted by Gasteiger charge is -2.22. The Kier molecular flexibility index (Phi) is 6.15. The van der Waals surface area contributed by atoms with Crippen LogP contribution in [0.2, 0.25) is 0 Å². The summed E-state index contributed by atoms with van der Waals surface area (Å²) in [4.78, 5) is 29.0. The zero-order chi connectivity index (χ0) is 24.7. The standard InChI is InChI=1S/C27H27N3O4S/c1-5-6-7-11-33-19-10-8-9-18(14-19)23-22-24(31)20-12-15(2)16(3)13-21(20)34-25(22)26(32)30(23)27-29-28-17(4)35-27/h8-10,12-14,23H,5-7,11H2,1-4H3. The van der Waals surface area contributed by atoms with Crippen molar-refractivity contribution in [1.29, 1.82) is 0 Å². The lowest BCUT2D eigenvalue weighted by Crippen LogP contribution is -2.29. The third kappa shape index (κ3) is 4.12. The molecular formula is C27H27N3O4S. The Bertz CT molecular complexity index is 1490. The van der Waals surface area contributed by atoms with Gasteiger partial charge in [-0.25, -0.2) is 0 Å². The molecular weight excluding hydrogens is 462 g/mol. The van der Waals surface area contributed by atoms with Crippen LogP contribution in [0.25, 0.3) is 11.0 Å². The molecule has 3 heterocycles. The van der Waals surface area contributed by atoms with Gasteiger partial charge in [-0.3, -0.25) is 14.5 Å². The van der Waals surface area contributed by atoms with E-state index in [9.17, 15) is 9.59 Å². The minimum Gasteiger partial charge on any atom is -0.494 e. The number of aromatic nitrogens is 2. The molecule has 0 saturated carbocycles. The summed E-state index contributed by atoms with van der Waals surface area (Å²) in [5, 5.41) is 9.95. The molecule has 1 amide bonds. The largest absolute Gasteiger partial charge is 0.494 e. The van der Waals surface area contributed by atoms with E-state index < -0.39 is 11.9 Å². The van der Waals surface area contributed by atoms with Crippen molar-refractivity contribution >= 4 is 33.3 Å². The molecule has 2 aromatic heterocycles. The number of ether oxygens (including phenoxy) is 1. The van der Waals surface area contributed by atoms with Gasteiger partial charge in [-0.15, -0.1) is 10.2 Å². The van der Waals surface area contributed by atoms with E-state index in [0.717, 1.165) is 41.0 Å². The van der Waals surface area contributed by atoms with Crippen molar-refractivity contribution in [2.75, 3.05) is 11.5 Å². The number of benzene rings is 2. The third-order valence-corrected chi connectivity index (χ3v) is 7.24. The summed E-state index contributed by atoms with van der Waals surface area (Å²) in [6.07, 6.45) is 3.18. The van der Waals surface area contributed by atoms with Gasteiger partial charge in [0.15, 0.2) is 5.43 Å². The van der Waals surface area contributed by atoms with Crippen LogP contribution in [0, 0.1) is 20.8 Å². The van der Waals surface area contributed by atoms with Gasteiger partial charge >= 0.3 is 0 Å². The summed E-state index contributed by atoms with van der Waals surface area (Å²) in [5.41, 5.74) is 3.26. The molecule has 1 aliphatic rings. The van der Waals surface area contributed by atoms with E-state index in [1.165, 1.54) is 16.2 Å². The lowest BCUT2D eigenvalue weighted by atomic mass is 9.97. The first-order valence-electron chi connectivity index (χ1n) is 11.8. The Balaban J connectivity index is 1.68. The summed E-state index contributed by atoms with van der Waals surface area (Å²) in [7, 11) is 0. The van der Waals surface area contributed by atoms with Crippen LogP contribution in [0.5, 0.6) is 5.75 Å². The predicted molar refractivity (Wildman–Crippen MR) is 137 cm³/mol. The number of aryl methyl sites for hydroxylation is 3.